The van der Waals surface area contributed by atoms with Crippen molar-refractivity contribution in [1.82, 2.24) is 9.99 Å². The molecule has 0 bridgehead atoms. The van der Waals surface area contributed by atoms with E-state index in [0.717, 1.165) is 33.2 Å². The van der Waals surface area contributed by atoms with Crippen molar-refractivity contribution in [3.05, 3.63) is 81.1 Å². The van der Waals surface area contributed by atoms with Gasteiger partial charge in [0.2, 0.25) is 10.0 Å². The van der Waals surface area contributed by atoms with Crippen molar-refractivity contribution in [1.29, 1.82) is 0 Å². The molecule has 1 aromatic heterocycles. The highest BCUT2D eigenvalue weighted by Crippen LogP contribution is 2.25. The molecule has 0 aliphatic rings. The van der Waals surface area contributed by atoms with E-state index in [-0.39, 0.29) is 6.54 Å². The molecule has 0 unspecified atom stereocenters. The summed E-state index contributed by atoms with van der Waals surface area (Å²) in [7, 11) is -3.66. The number of nitrogens with zero attached hydrogens (tertiary/aromatic N) is 3. The second-order valence-corrected chi connectivity index (χ2v) is 10.8. The van der Waals surface area contributed by atoms with Gasteiger partial charge in [-0.3, -0.25) is 9.10 Å². The number of rotatable bonds is 7. The Morgan fingerprint density at radius 3 is 2.33 bits per heavy atom. The number of hydrogen-bond acceptors (Lipinski definition) is 4. The van der Waals surface area contributed by atoms with Gasteiger partial charge in [0.15, 0.2) is 0 Å². The van der Waals surface area contributed by atoms with Crippen LogP contribution in [-0.2, 0) is 14.8 Å². The van der Waals surface area contributed by atoms with Gasteiger partial charge in [-0.25, -0.2) is 13.8 Å². The lowest BCUT2D eigenvalue weighted by atomic mass is 10.1. The lowest BCUT2D eigenvalue weighted by Crippen LogP contribution is -2.39. The average Bonchev–Trinajstić information content (AvgIpc) is 2.99. The monoisotopic (exact) mass is 530 g/mol. The van der Waals surface area contributed by atoms with E-state index in [1.807, 2.05) is 26.0 Å². The Morgan fingerprint density at radius 2 is 1.73 bits per heavy atom. The van der Waals surface area contributed by atoms with Gasteiger partial charge < -0.3 is 4.57 Å². The van der Waals surface area contributed by atoms with E-state index in [9.17, 15) is 13.2 Å². The predicted molar refractivity (Wildman–Crippen MR) is 137 cm³/mol. The Bertz CT molecular complexity index is 1310. The second-order valence-electron chi connectivity index (χ2n) is 7.94. The fourth-order valence-corrected chi connectivity index (χ4v) is 5.03. The van der Waals surface area contributed by atoms with Crippen LogP contribution < -0.4 is 9.73 Å². The molecule has 0 aliphatic heterocycles. The minimum absolute atomic E-state index is 0.381. The van der Waals surface area contributed by atoms with Crippen molar-refractivity contribution in [3.8, 4) is 5.69 Å². The molecule has 0 radical (unpaired) electrons. The summed E-state index contributed by atoms with van der Waals surface area (Å²) in [6.45, 7) is 7.80. The van der Waals surface area contributed by atoms with E-state index < -0.39 is 15.9 Å². The molecule has 174 valence electrons. The topological polar surface area (TPSA) is 83.8 Å². The molecule has 3 rings (SSSR count). The van der Waals surface area contributed by atoms with Crippen LogP contribution in [0, 0.1) is 27.7 Å². The molecule has 3 aromatic rings. The summed E-state index contributed by atoms with van der Waals surface area (Å²) in [6, 6.07) is 14.9. The quantitative estimate of drug-likeness (QED) is 0.363. The van der Waals surface area contributed by atoms with Gasteiger partial charge in [0.1, 0.15) is 6.54 Å². The van der Waals surface area contributed by atoms with Crippen LogP contribution in [0.3, 0.4) is 0 Å². The zero-order valence-corrected chi connectivity index (χ0v) is 21.7. The SMILES string of the molecule is Cc1cccc(C)c1-n1c(C)cc(/C=N\NC(=O)CN(c2cccc(Br)c2)S(C)(=O)=O)c1C. The van der Waals surface area contributed by atoms with Crippen molar-refractivity contribution in [2.45, 2.75) is 27.7 Å². The molecule has 2 aromatic carbocycles. The number of para-hydroxylation sites is 1. The summed E-state index contributed by atoms with van der Waals surface area (Å²) >= 11 is 3.32. The summed E-state index contributed by atoms with van der Waals surface area (Å²) in [6.07, 6.45) is 2.64. The molecular formula is C24H27BrN4O3S. The largest absolute Gasteiger partial charge is 0.317 e. The van der Waals surface area contributed by atoms with E-state index in [1.54, 1.807) is 30.5 Å². The highest BCUT2D eigenvalue weighted by Gasteiger charge is 2.21. The molecule has 1 amide bonds. The van der Waals surface area contributed by atoms with Crippen LogP contribution in [0.5, 0.6) is 0 Å². The zero-order chi connectivity index (χ0) is 24.3. The summed E-state index contributed by atoms with van der Waals surface area (Å²) < 4.78 is 28.4. The number of amides is 1. The molecule has 7 nitrogen and oxygen atoms in total. The normalized spacial score (nSPS) is 11.7. The van der Waals surface area contributed by atoms with Gasteiger partial charge in [-0.05, 0) is 63.1 Å². The number of sulfonamides is 1. The van der Waals surface area contributed by atoms with Crippen molar-refractivity contribution in [3.63, 3.8) is 0 Å². The van der Waals surface area contributed by atoms with Crippen LogP contribution in [0.15, 0.2) is 58.1 Å². The van der Waals surface area contributed by atoms with E-state index in [1.165, 1.54) is 11.1 Å². The molecule has 0 fully saturated rings. The van der Waals surface area contributed by atoms with Gasteiger partial charge in [-0.15, -0.1) is 0 Å². The first-order valence-electron chi connectivity index (χ1n) is 10.3. The predicted octanol–water partition coefficient (Wildman–Crippen LogP) is 4.39. The Labute approximate surface area is 203 Å². The maximum Gasteiger partial charge on any atom is 0.260 e. The van der Waals surface area contributed by atoms with Gasteiger partial charge in [0.05, 0.1) is 23.8 Å². The first kappa shape index (κ1) is 24.7. The van der Waals surface area contributed by atoms with Crippen molar-refractivity contribution < 1.29 is 13.2 Å². The highest BCUT2D eigenvalue weighted by atomic mass is 79.9. The summed E-state index contributed by atoms with van der Waals surface area (Å²) in [5.41, 5.74) is 9.21. The number of aromatic nitrogens is 1. The minimum atomic E-state index is -3.66. The van der Waals surface area contributed by atoms with Crippen LogP contribution in [-0.4, -0.2) is 37.9 Å². The molecule has 1 N–H and O–H groups in total. The summed E-state index contributed by atoms with van der Waals surface area (Å²) in [4.78, 5) is 12.5. The fraction of sp³-hybridized carbons (Fsp3) is 0.250. The Kier molecular flexibility index (Phi) is 7.44. The number of hydrazone groups is 1. The average molecular weight is 531 g/mol. The number of anilines is 1. The van der Waals surface area contributed by atoms with Gasteiger partial charge >= 0.3 is 0 Å². The molecule has 1 heterocycles. The molecule has 0 saturated carbocycles. The van der Waals surface area contributed by atoms with E-state index >= 15 is 0 Å². The maximum absolute atomic E-state index is 12.5. The van der Waals surface area contributed by atoms with E-state index in [4.69, 9.17) is 0 Å². The molecule has 33 heavy (non-hydrogen) atoms. The standard InChI is InChI=1S/C24H27BrN4O3S/c1-16-8-6-9-17(2)24(16)29-18(3)12-20(19(29)4)14-26-27-23(30)15-28(33(5,31)32)22-11-7-10-21(25)13-22/h6-14H,15H2,1-5H3,(H,27,30)/b26-14-. The van der Waals surface area contributed by atoms with Crippen LogP contribution in [0.1, 0.15) is 28.1 Å². The van der Waals surface area contributed by atoms with Crippen molar-refractivity contribution in [2.75, 3.05) is 17.1 Å². The van der Waals surface area contributed by atoms with Crippen LogP contribution in [0.2, 0.25) is 0 Å². The number of hydrogen-bond donors (Lipinski definition) is 1. The Balaban J connectivity index is 1.78. The maximum atomic E-state index is 12.5. The molecule has 9 heteroatoms. The summed E-state index contributed by atoms with van der Waals surface area (Å²) in [5, 5.41) is 4.07. The van der Waals surface area contributed by atoms with E-state index in [0.29, 0.717) is 10.2 Å². The first-order chi connectivity index (χ1) is 15.5. The highest BCUT2D eigenvalue weighted by molar-refractivity contribution is 9.10. The molecule has 0 saturated heterocycles. The zero-order valence-electron chi connectivity index (χ0n) is 19.3. The number of halogens is 1. The van der Waals surface area contributed by atoms with Crippen molar-refractivity contribution >= 4 is 43.8 Å². The Hall–Kier alpha value is -2.91. The fourth-order valence-electron chi connectivity index (χ4n) is 3.79. The van der Waals surface area contributed by atoms with Gasteiger partial charge in [-0.2, -0.15) is 5.10 Å². The Morgan fingerprint density at radius 1 is 1.09 bits per heavy atom. The smallest absolute Gasteiger partial charge is 0.260 e. The first-order valence-corrected chi connectivity index (χ1v) is 12.9. The number of nitrogens with one attached hydrogen (secondary N) is 1. The third-order valence-electron chi connectivity index (χ3n) is 5.31. The van der Waals surface area contributed by atoms with Gasteiger partial charge in [0, 0.05) is 21.4 Å². The minimum Gasteiger partial charge on any atom is -0.317 e. The third-order valence-corrected chi connectivity index (χ3v) is 6.94. The van der Waals surface area contributed by atoms with Crippen LogP contribution >= 0.6 is 15.9 Å². The number of benzene rings is 2. The molecule has 0 aliphatic carbocycles. The van der Waals surface area contributed by atoms with Crippen LogP contribution in [0.25, 0.3) is 5.69 Å². The number of carbonyl (C=O) groups excluding carboxylic acids is 1. The molecule has 0 atom stereocenters. The van der Waals surface area contributed by atoms with Crippen LogP contribution in [0.4, 0.5) is 5.69 Å². The molecule has 0 spiro atoms. The second kappa shape index (κ2) is 9.93. The number of carbonyl (C=O) groups is 1. The lowest BCUT2D eigenvalue weighted by Gasteiger charge is -2.21. The van der Waals surface area contributed by atoms with Gasteiger partial charge in [0.25, 0.3) is 5.91 Å². The van der Waals surface area contributed by atoms with E-state index in [2.05, 4.69) is 57.0 Å². The van der Waals surface area contributed by atoms with Gasteiger partial charge in [-0.1, -0.05) is 40.2 Å². The lowest BCUT2D eigenvalue weighted by molar-refractivity contribution is -0.119. The molecular weight excluding hydrogens is 504 g/mol. The number of aryl methyl sites for hydroxylation is 3. The van der Waals surface area contributed by atoms with Crippen molar-refractivity contribution in [2.24, 2.45) is 5.10 Å². The third kappa shape index (κ3) is 5.72. The summed E-state index contributed by atoms with van der Waals surface area (Å²) in [5.74, 6) is -0.541.